The van der Waals surface area contributed by atoms with Crippen LogP contribution in [0.2, 0.25) is 0 Å². The molecule has 1 aliphatic rings. The zero-order valence-electron chi connectivity index (χ0n) is 19.0. The number of hydrogen-bond donors (Lipinski definition) is 0. The monoisotopic (exact) mass is 458 g/mol. The molecule has 7 heteroatoms. The molecule has 1 saturated heterocycles. The molecule has 6 nitrogen and oxygen atoms in total. The number of piperazine rings is 1. The molecule has 2 aromatic carbocycles. The van der Waals surface area contributed by atoms with Crippen LogP contribution in [0, 0.1) is 20.8 Å². The van der Waals surface area contributed by atoms with Crippen molar-refractivity contribution in [2.24, 2.45) is 0 Å². The van der Waals surface area contributed by atoms with E-state index < -0.39 is 0 Å². The van der Waals surface area contributed by atoms with Gasteiger partial charge in [0, 0.05) is 43.4 Å². The minimum Gasteiger partial charge on any atom is -0.368 e. The average Bonchev–Trinajstić information content (AvgIpc) is 3.26. The molecule has 2 aromatic heterocycles. The van der Waals surface area contributed by atoms with Gasteiger partial charge in [-0.3, -0.25) is 14.0 Å². The van der Waals surface area contributed by atoms with E-state index in [0.29, 0.717) is 18.1 Å². The van der Waals surface area contributed by atoms with Gasteiger partial charge < -0.3 is 9.80 Å². The quantitative estimate of drug-likeness (QED) is 0.459. The summed E-state index contributed by atoms with van der Waals surface area (Å²) in [5.41, 5.74) is 6.42. The lowest BCUT2D eigenvalue weighted by Gasteiger charge is -2.37. The van der Waals surface area contributed by atoms with E-state index >= 15 is 0 Å². The highest BCUT2D eigenvalue weighted by atomic mass is 32.1. The molecule has 3 heterocycles. The zero-order chi connectivity index (χ0) is 23.1. The van der Waals surface area contributed by atoms with Crippen LogP contribution in [0.1, 0.15) is 27.0 Å². The maximum atomic E-state index is 13.4. The molecule has 1 amide bonds. The summed E-state index contributed by atoms with van der Waals surface area (Å²) in [6, 6.07) is 14.3. The maximum absolute atomic E-state index is 13.4. The fourth-order valence-electron chi connectivity index (χ4n) is 4.36. The van der Waals surface area contributed by atoms with Crippen LogP contribution in [0.15, 0.2) is 58.8 Å². The summed E-state index contributed by atoms with van der Waals surface area (Å²) >= 11 is 1.40. The van der Waals surface area contributed by atoms with E-state index in [1.165, 1.54) is 34.3 Å². The highest BCUT2D eigenvalue weighted by molar-refractivity contribution is 7.15. The van der Waals surface area contributed by atoms with Gasteiger partial charge in [-0.25, -0.2) is 4.98 Å². The molecule has 1 aliphatic heterocycles. The number of aryl methyl sites for hydroxylation is 2. The van der Waals surface area contributed by atoms with Crippen LogP contribution in [0.5, 0.6) is 0 Å². The summed E-state index contributed by atoms with van der Waals surface area (Å²) in [6.07, 6.45) is 1.44. The Morgan fingerprint density at radius 1 is 0.970 bits per heavy atom. The van der Waals surface area contributed by atoms with Crippen LogP contribution in [0.4, 0.5) is 5.69 Å². The van der Waals surface area contributed by atoms with E-state index in [0.717, 1.165) is 29.9 Å². The van der Waals surface area contributed by atoms with Crippen molar-refractivity contribution < 1.29 is 4.79 Å². The number of thiazole rings is 1. The van der Waals surface area contributed by atoms with Crippen molar-refractivity contribution in [2.45, 2.75) is 20.8 Å². The van der Waals surface area contributed by atoms with E-state index in [4.69, 9.17) is 0 Å². The molecule has 0 radical (unpaired) electrons. The van der Waals surface area contributed by atoms with E-state index in [1.807, 2.05) is 36.6 Å². The van der Waals surface area contributed by atoms with E-state index in [1.54, 1.807) is 9.30 Å². The first-order chi connectivity index (χ1) is 15.9. The number of fused-ring (bicyclic) bond motifs is 1. The van der Waals surface area contributed by atoms with Crippen LogP contribution in [-0.2, 0) is 0 Å². The molecule has 1 fully saturated rings. The van der Waals surface area contributed by atoms with Gasteiger partial charge in [0.1, 0.15) is 5.56 Å². The number of nitrogens with zero attached hydrogens (tertiary/aromatic N) is 4. The van der Waals surface area contributed by atoms with Gasteiger partial charge in [0.15, 0.2) is 4.96 Å². The highest BCUT2D eigenvalue weighted by Gasteiger charge is 2.26. The highest BCUT2D eigenvalue weighted by Crippen LogP contribution is 2.26. The first-order valence-corrected chi connectivity index (χ1v) is 12.0. The molecule has 0 aliphatic carbocycles. The largest absolute Gasteiger partial charge is 0.368 e. The lowest BCUT2D eigenvalue weighted by Crippen LogP contribution is -2.50. The number of amides is 1. The van der Waals surface area contributed by atoms with Gasteiger partial charge in [-0.05, 0) is 43.5 Å². The molecule has 0 unspecified atom stereocenters. The zero-order valence-corrected chi connectivity index (χ0v) is 19.9. The summed E-state index contributed by atoms with van der Waals surface area (Å²) in [6.45, 7) is 8.90. The van der Waals surface area contributed by atoms with Crippen LogP contribution in [0.3, 0.4) is 0 Å². The molecule has 168 valence electrons. The van der Waals surface area contributed by atoms with Crippen molar-refractivity contribution in [3.63, 3.8) is 0 Å². The first kappa shape index (κ1) is 21.4. The molecule has 0 spiro atoms. The van der Waals surface area contributed by atoms with Gasteiger partial charge in [-0.1, -0.05) is 42.0 Å². The minimum absolute atomic E-state index is 0.124. The van der Waals surface area contributed by atoms with E-state index in [9.17, 15) is 9.59 Å². The number of anilines is 1. The Kier molecular flexibility index (Phi) is 5.50. The van der Waals surface area contributed by atoms with Crippen molar-refractivity contribution >= 4 is 27.9 Å². The maximum Gasteiger partial charge on any atom is 0.271 e. The number of hydrogen-bond acceptors (Lipinski definition) is 5. The SMILES string of the molecule is Cc1ccc(-c2csc3ncc(C(=O)N4CCN(c5cccc(C)c5C)CC4)c(=O)n23)cc1. The lowest BCUT2D eigenvalue weighted by atomic mass is 10.1. The normalized spacial score (nSPS) is 14.2. The van der Waals surface area contributed by atoms with Gasteiger partial charge in [0.05, 0.1) is 5.69 Å². The Morgan fingerprint density at radius 3 is 2.42 bits per heavy atom. The van der Waals surface area contributed by atoms with Gasteiger partial charge in [-0.2, -0.15) is 0 Å². The molecular weight excluding hydrogens is 432 g/mol. The Bertz CT molecular complexity index is 1400. The molecule has 0 saturated carbocycles. The number of benzene rings is 2. The summed E-state index contributed by atoms with van der Waals surface area (Å²) in [4.78, 5) is 35.8. The Labute approximate surface area is 196 Å². The van der Waals surface area contributed by atoms with Gasteiger partial charge in [0.25, 0.3) is 11.5 Å². The molecule has 0 bridgehead atoms. The van der Waals surface area contributed by atoms with Crippen molar-refractivity contribution in [1.29, 1.82) is 0 Å². The van der Waals surface area contributed by atoms with Gasteiger partial charge >= 0.3 is 0 Å². The predicted molar refractivity (Wildman–Crippen MR) is 134 cm³/mol. The Hall–Kier alpha value is -3.45. The molecular formula is C26H26N4O2S. The second kappa shape index (κ2) is 8.48. The topological polar surface area (TPSA) is 57.9 Å². The third-order valence-corrected chi connectivity index (χ3v) is 7.35. The van der Waals surface area contributed by atoms with Crippen molar-refractivity contribution in [2.75, 3.05) is 31.1 Å². The number of carbonyl (C=O) groups excluding carboxylic acids is 1. The number of aromatic nitrogens is 2. The number of rotatable bonds is 3. The average molecular weight is 459 g/mol. The molecule has 0 atom stereocenters. The Balaban J connectivity index is 1.41. The second-order valence-corrected chi connectivity index (χ2v) is 9.42. The molecule has 0 N–H and O–H groups in total. The smallest absolute Gasteiger partial charge is 0.271 e. The fourth-order valence-corrected chi connectivity index (χ4v) is 5.22. The van der Waals surface area contributed by atoms with Crippen molar-refractivity contribution in [3.8, 4) is 11.3 Å². The Morgan fingerprint density at radius 2 is 1.70 bits per heavy atom. The summed E-state index contributed by atoms with van der Waals surface area (Å²) in [5.74, 6) is -0.247. The second-order valence-electron chi connectivity index (χ2n) is 8.58. The van der Waals surface area contributed by atoms with Crippen molar-refractivity contribution in [3.05, 3.63) is 86.6 Å². The predicted octanol–water partition coefficient (Wildman–Crippen LogP) is 4.31. The fraction of sp³-hybridized carbons (Fsp3) is 0.269. The first-order valence-electron chi connectivity index (χ1n) is 11.1. The van der Waals surface area contributed by atoms with Crippen LogP contribution in [0.25, 0.3) is 16.2 Å². The number of carbonyl (C=O) groups is 1. The van der Waals surface area contributed by atoms with Crippen LogP contribution >= 0.6 is 11.3 Å². The summed E-state index contributed by atoms with van der Waals surface area (Å²) < 4.78 is 1.56. The molecule has 33 heavy (non-hydrogen) atoms. The van der Waals surface area contributed by atoms with Crippen LogP contribution in [-0.4, -0.2) is 46.4 Å². The third kappa shape index (κ3) is 3.82. The standard InChI is InChI=1S/C26H26N4O2S/c1-17-7-9-20(10-8-17)23-16-33-26-27-15-21(25(32)30(23)26)24(31)29-13-11-28(12-14-29)22-6-4-5-18(2)19(22)3/h4-10,15-16H,11-14H2,1-3H3. The molecule has 4 aromatic rings. The lowest BCUT2D eigenvalue weighted by molar-refractivity contribution is 0.0744. The van der Waals surface area contributed by atoms with Gasteiger partial charge in [-0.15, -0.1) is 11.3 Å². The summed E-state index contributed by atoms with van der Waals surface area (Å²) in [7, 11) is 0. The van der Waals surface area contributed by atoms with E-state index in [2.05, 4.69) is 41.9 Å². The molecule has 5 rings (SSSR count). The minimum atomic E-state index is -0.307. The van der Waals surface area contributed by atoms with Gasteiger partial charge in [0.2, 0.25) is 0 Å². The van der Waals surface area contributed by atoms with Crippen molar-refractivity contribution in [1.82, 2.24) is 14.3 Å². The van der Waals surface area contributed by atoms with E-state index in [-0.39, 0.29) is 17.0 Å². The van der Waals surface area contributed by atoms with Crippen LogP contribution < -0.4 is 10.5 Å². The third-order valence-electron chi connectivity index (χ3n) is 6.51. The summed E-state index contributed by atoms with van der Waals surface area (Å²) in [5, 5.41) is 1.92.